The molecule has 79 heavy (non-hydrogen) atoms. The first-order chi connectivity index (χ1) is 38.4. The van der Waals surface area contributed by atoms with E-state index in [0.29, 0.717) is 17.4 Å². The third kappa shape index (κ3) is 59.9. The van der Waals surface area contributed by atoms with Gasteiger partial charge in [-0.25, -0.2) is 4.57 Å². The zero-order chi connectivity index (χ0) is 57.9. The number of hydrogen-bond donors (Lipinski definition) is 2. The number of carbonyl (C=O) groups excluding carboxylic acids is 2. The third-order valence-corrected chi connectivity index (χ3v) is 15.6. The molecule has 0 aliphatic rings. The molecule has 2 N–H and O–H groups in total. The molecule has 1 amide bonds. The molecule has 0 spiro atoms. The molecule has 0 bridgehead atoms. The Balaban J connectivity index is 5.15. The van der Waals surface area contributed by atoms with Crippen molar-refractivity contribution in [3.8, 4) is 0 Å². The Morgan fingerprint density at radius 3 is 1.19 bits per heavy atom. The summed E-state index contributed by atoms with van der Waals surface area (Å²) >= 11 is 0. The fourth-order valence-electron chi connectivity index (χ4n) is 9.45. The van der Waals surface area contributed by atoms with E-state index in [1.54, 1.807) is 0 Å². The van der Waals surface area contributed by atoms with Crippen LogP contribution < -0.4 is 5.32 Å². The number of nitrogens with one attached hydrogen (secondary N) is 1. The van der Waals surface area contributed by atoms with Gasteiger partial charge < -0.3 is 19.4 Å². The highest BCUT2D eigenvalue weighted by molar-refractivity contribution is 7.47. The molecule has 0 aliphatic carbocycles. The number of nitrogens with zero attached hydrogens (tertiary/aromatic N) is 1. The van der Waals surface area contributed by atoms with Crippen LogP contribution in [0.1, 0.15) is 303 Å². The van der Waals surface area contributed by atoms with Gasteiger partial charge in [0, 0.05) is 12.8 Å². The average molecular weight is 1130 g/mol. The predicted molar refractivity (Wildman–Crippen MR) is 341 cm³/mol. The zero-order valence-electron chi connectivity index (χ0n) is 52.6. The molecule has 0 aliphatic heterocycles. The Bertz CT molecular complexity index is 1580. The minimum atomic E-state index is -4.46. The summed E-state index contributed by atoms with van der Waals surface area (Å²) in [5, 5.41) is 3.06. The van der Waals surface area contributed by atoms with Gasteiger partial charge in [-0.05, 0) is 102 Å². The van der Waals surface area contributed by atoms with Crippen molar-refractivity contribution in [2.45, 2.75) is 315 Å². The second-order valence-electron chi connectivity index (χ2n) is 23.6. The number of hydrogen-bond acceptors (Lipinski definition) is 6. The Morgan fingerprint density at radius 1 is 0.443 bits per heavy atom. The summed E-state index contributed by atoms with van der Waals surface area (Å²) in [6.07, 6.45) is 76.1. The quantitative estimate of drug-likeness (QED) is 0.0205. The van der Waals surface area contributed by atoms with E-state index in [1.165, 1.54) is 161 Å². The van der Waals surface area contributed by atoms with E-state index >= 15 is 0 Å². The normalized spacial score (nSPS) is 14.1. The molecular weight excluding hydrogens is 1000 g/mol. The number of likely N-dealkylation sites (N-methyl/N-ethyl adjacent to an activating group) is 1. The maximum absolute atomic E-state index is 13.6. The van der Waals surface area contributed by atoms with Crippen molar-refractivity contribution < 1.29 is 37.3 Å². The van der Waals surface area contributed by atoms with Gasteiger partial charge in [-0.15, -0.1) is 0 Å². The highest BCUT2D eigenvalue weighted by Gasteiger charge is 2.30. The van der Waals surface area contributed by atoms with Crippen LogP contribution in [0.25, 0.3) is 0 Å². The first-order valence-electron chi connectivity index (χ1n) is 33.3. The van der Waals surface area contributed by atoms with Crippen molar-refractivity contribution in [1.82, 2.24) is 5.32 Å². The number of amides is 1. The van der Waals surface area contributed by atoms with E-state index in [9.17, 15) is 19.0 Å². The second kappa shape index (κ2) is 58.6. The van der Waals surface area contributed by atoms with Crippen LogP contribution in [0.15, 0.2) is 72.9 Å². The van der Waals surface area contributed by atoms with Gasteiger partial charge in [-0.1, -0.05) is 261 Å². The maximum Gasteiger partial charge on any atom is 0.472 e. The summed E-state index contributed by atoms with van der Waals surface area (Å²) < 4.78 is 30.7. The largest absolute Gasteiger partial charge is 0.472 e. The number of phosphoric acid groups is 1. The van der Waals surface area contributed by atoms with Crippen LogP contribution in [-0.4, -0.2) is 74.3 Å². The van der Waals surface area contributed by atoms with Crippen molar-refractivity contribution in [2.75, 3.05) is 40.9 Å². The fourth-order valence-corrected chi connectivity index (χ4v) is 10.2. The smallest absolute Gasteiger partial charge is 0.456 e. The molecule has 0 aromatic carbocycles. The lowest BCUT2D eigenvalue weighted by molar-refractivity contribution is -0.870. The molecule has 0 aromatic rings. The van der Waals surface area contributed by atoms with Crippen molar-refractivity contribution in [3.05, 3.63) is 72.9 Å². The number of ether oxygens (including phenoxy) is 1. The van der Waals surface area contributed by atoms with Gasteiger partial charge in [0.05, 0.1) is 33.8 Å². The molecule has 0 radical (unpaired) electrons. The predicted octanol–water partition coefficient (Wildman–Crippen LogP) is 20.8. The average Bonchev–Trinajstić information content (AvgIpc) is 3.41. The Kier molecular flexibility index (Phi) is 56.7. The first kappa shape index (κ1) is 76.5. The molecular formula is C69H128N2O7P+. The molecule has 3 atom stereocenters. The number of rotatable bonds is 60. The standard InChI is InChI=1S/C69H127N2O7P/c1-7-10-13-16-19-22-25-28-30-32-33-34-35-36-37-38-39-40-42-44-47-50-53-56-59-62-69(73)78-67(60-57-54-51-48-45-27-24-21-18-15-12-9-3)66(65-77-79(74,75)76-64-63-71(4,5)6)70-68(72)61-58-55-52-49-46-43-41-31-29-26-23-20-17-14-11-8-2/h19,22,28,30-31,33-34,36-37,41,57,60,66-67H,7-18,20-21,23-27,29,32,35,38-40,42-56,58-59,61-65H2,1-6H3,(H-,70,72,74,75)/p+1/b22-19-,30-28-,34-33-,37-36-,41-31+,60-57-. The third-order valence-electron chi connectivity index (χ3n) is 14.6. The molecule has 0 saturated carbocycles. The summed E-state index contributed by atoms with van der Waals surface area (Å²) in [6, 6.07) is -0.857. The van der Waals surface area contributed by atoms with E-state index in [0.717, 1.165) is 109 Å². The van der Waals surface area contributed by atoms with E-state index in [-0.39, 0.29) is 31.5 Å². The maximum atomic E-state index is 13.6. The monoisotopic (exact) mass is 1130 g/mol. The van der Waals surface area contributed by atoms with Gasteiger partial charge in [0.25, 0.3) is 0 Å². The Hall–Kier alpha value is -2.55. The van der Waals surface area contributed by atoms with Crippen LogP contribution in [-0.2, 0) is 27.9 Å². The van der Waals surface area contributed by atoms with Gasteiger partial charge in [-0.2, -0.15) is 0 Å². The molecule has 0 rings (SSSR count). The SMILES string of the molecule is CCCCC/C=C\C/C=C\C/C=C\C/C=C\CCCCCCCCCCCC(=O)OC(/C=C\CCCCCCCCCCCC)C(COP(=O)(O)OCC[N+](C)(C)C)NC(=O)CCCCCCC/C=C/CCCCCCCCC. The summed E-state index contributed by atoms with van der Waals surface area (Å²) in [7, 11) is 1.49. The van der Waals surface area contributed by atoms with Crippen LogP contribution in [0, 0.1) is 0 Å². The summed E-state index contributed by atoms with van der Waals surface area (Å²) in [6.45, 7) is 6.99. The Labute approximate surface area is 489 Å². The lowest BCUT2D eigenvalue weighted by Crippen LogP contribution is -2.47. The Morgan fingerprint density at radius 2 is 0.772 bits per heavy atom. The number of allylic oxidation sites excluding steroid dienone is 11. The van der Waals surface area contributed by atoms with Gasteiger partial charge in [-0.3, -0.25) is 18.6 Å². The number of unbranched alkanes of at least 4 members (excludes halogenated alkanes) is 34. The zero-order valence-corrected chi connectivity index (χ0v) is 53.5. The molecule has 460 valence electrons. The first-order valence-corrected chi connectivity index (χ1v) is 34.8. The van der Waals surface area contributed by atoms with Crippen molar-refractivity contribution in [2.24, 2.45) is 0 Å². The van der Waals surface area contributed by atoms with Gasteiger partial charge in [0.2, 0.25) is 5.91 Å². The molecule has 0 aromatic heterocycles. The van der Waals surface area contributed by atoms with Crippen molar-refractivity contribution in [1.29, 1.82) is 0 Å². The van der Waals surface area contributed by atoms with Crippen LogP contribution in [0.5, 0.6) is 0 Å². The van der Waals surface area contributed by atoms with E-state index < -0.39 is 20.0 Å². The topological polar surface area (TPSA) is 111 Å². The highest BCUT2D eigenvalue weighted by atomic mass is 31.2. The van der Waals surface area contributed by atoms with Gasteiger partial charge >= 0.3 is 13.8 Å². The number of phosphoric ester groups is 1. The van der Waals surface area contributed by atoms with Gasteiger partial charge in [0.1, 0.15) is 19.3 Å². The molecule has 3 unspecified atom stereocenters. The lowest BCUT2D eigenvalue weighted by Gasteiger charge is -2.27. The number of esters is 1. The lowest BCUT2D eigenvalue weighted by atomic mass is 10.0. The summed E-state index contributed by atoms with van der Waals surface area (Å²) in [5.41, 5.74) is 0. The van der Waals surface area contributed by atoms with Crippen molar-refractivity contribution in [3.63, 3.8) is 0 Å². The van der Waals surface area contributed by atoms with E-state index in [4.69, 9.17) is 13.8 Å². The highest BCUT2D eigenvalue weighted by Crippen LogP contribution is 2.43. The molecule has 0 fully saturated rings. The number of quaternary nitrogens is 1. The molecule has 9 nitrogen and oxygen atoms in total. The summed E-state index contributed by atoms with van der Waals surface area (Å²) in [5.74, 6) is -0.516. The van der Waals surface area contributed by atoms with E-state index in [1.807, 2.05) is 33.3 Å². The minimum Gasteiger partial charge on any atom is -0.456 e. The van der Waals surface area contributed by atoms with Crippen LogP contribution in [0.3, 0.4) is 0 Å². The van der Waals surface area contributed by atoms with Gasteiger partial charge in [0.15, 0.2) is 0 Å². The molecule has 10 heteroatoms. The molecule has 0 heterocycles. The minimum absolute atomic E-state index is 0.0361. The second-order valence-corrected chi connectivity index (χ2v) is 25.1. The summed E-state index contributed by atoms with van der Waals surface area (Å²) in [4.78, 5) is 37.8. The van der Waals surface area contributed by atoms with E-state index in [2.05, 4.69) is 86.8 Å². The van der Waals surface area contributed by atoms with Crippen LogP contribution in [0.2, 0.25) is 0 Å². The van der Waals surface area contributed by atoms with Crippen molar-refractivity contribution >= 4 is 19.7 Å². The van der Waals surface area contributed by atoms with Crippen LogP contribution in [0.4, 0.5) is 0 Å². The number of carbonyl (C=O) groups is 2. The van der Waals surface area contributed by atoms with Crippen LogP contribution >= 0.6 is 7.82 Å². The molecule has 0 saturated heterocycles. The fraction of sp³-hybridized carbons (Fsp3) is 0.797.